The van der Waals surface area contributed by atoms with E-state index in [9.17, 15) is 13.2 Å². The van der Waals surface area contributed by atoms with Crippen molar-refractivity contribution in [3.05, 3.63) is 11.3 Å². The van der Waals surface area contributed by atoms with Crippen molar-refractivity contribution >= 4 is 7.12 Å². The van der Waals surface area contributed by atoms with Crippen LogP contribution < -0.4 is 5.32 Å². The van der Waals surface area contributed by atoms with E-state index < -0.39 is 42.0 Å². The molecule has 0 aromatic carbocycles. The van der Waals surface area contributed by atoms with Crippen LogP contribution in [0.1, 0.15) is 40.5 Å². The summed E-state index contributed by atoms with van der Waals surface area (Å²) in [5.74, 6) is -3.16. The number of alkyl halides is 2. The Morgan fingerprint density at radius 3 is 2.20 bits per heavy atom. The van der Waals surface area contributed by atoms with Gasteiger partial charge in [0.2, 0.25) is 0 Å². The highest BCUT2D eigenvalue weighted by molar-refractivity contribution is 6.53. The molecule has 7 heteroatoms. The van der Waals surface area contributed by atoms with E-state index in [0.29, 0.717) is 6.54 Å². The zero-order valence-electron chi connectivity index (χ0n) is 12.4. The Morgan fingerprint density at radius 2 is 1.65 bits per heavy atom. The molecule has 0 bridgehead atoms. The summed E-state index contributed by atoms with van der Waals surface area (Å²) in [6.45, 7) is 7.55. The van der Waals surface area contributed by atoms with E-state index in [2.05, 4.69) is 5.32 Å². The molecule has 0 aromatic rings. The molecule has 0 aromatic heterocycles. The van der Waals surface area contributed by atoms with Gasteiger partial charge in [-0.2, -0.15) is 0 Å². The molecule has 0 atom stereocenters. The Hall–Kier alpha value is -0.525. The standard InChI is InChI=1S/C13H21BF3NO2/c1-11(2)12(3,4)20-14(19-11)10(15)9-5-7-18-8-6-13(9,16)17/h18H,5-8H2,1-4H3. The van der Waals surface area contributed by atoms with Crippen LogP contribution in [-0.4, -0.2) is 37.3 Å². The highest BCUT2D eigenvalue weighted by atomic mass is 19.3. The molecule has 0 amide bonds. The van der Waals surface area contributed by atoms with Gasteiger partial charge >= 0.3 is 7.12 Å². The lowest BCUT2D eigenvalue weighted by molar-refractivity contribution is 0.00578. The van der Waals surface area contributed by atoms with Gasteiger partial charge in [0.15, 0.2) is 0 Å². The zero-order valence-corrected chi connectivity index (χ0v) is 12.4. The predicted octanol–water partition coefficient (Wildman–Crippen LogP) is 2.86. The fourth-order valence-corrected chi connectivity index (χ4v) is 2.30. The third-order valence-corrected chi connectivity index (χ3v) is 4.36. The highest BCUT2D eigenvalue weighted by Crippen LogP contribution is 2.42. The molecule has 0 unspecified atom stereocenters. The molecule has 2 fully saturated rings. The maximum Gasteiger partial charge on any atom is 0.525 e. The molecule has 20 heavy (non-hydrogen) atoms. The minimum atomic E-state index is -3.16. The van der Waals surface area contributed by atoms with Crippen molar-refractivity contribution in [2.24, 2.45) is 0 Å². The van der Waals surface area contributed by atoms with Gasteiger partial charge in [-0.05, 0) is 40.7 Å². The minimum absolute atomic E-state index is 0.0388. The number of hydrogen-bond acceptors (Lipinski definition) is 3. The van der Waals surface area contributed by atoms with E-state index in [0.717, 1.165) is 0 Å². The number of halogens is 3. The first kappa shape index (κ1) is 15.9. The number of nitrogens with one attached hydrogen (secondary N) is 1. The molecule has 0 saturated carbocycles. The average Bonchev–Trinajstić information content (AvgIpc) is 2.45. The molecule has 2 aliphatic heterocycles. The Labute approximate surface area is 118 Å². The van der Waals surface area contributed by atoms with Crippen molar-refractivity contribution in [1.29, 1.82) is 0 Å². The SMILES string of the molecule is CC1(C)OB(C(F)=C2CCNCCC2(F)F)OC1(C)C. The van der Waals surface area contributed by atoms with Gasteiger partial charge in [0.1, 0.15) is 5.73 Å². The summed E-state index contributed by atoms with van der Waals surface area (Å²) in [6.07, 6.45) is -0.446. The zero-order chi connectivity index (χ0) is 15.2. The molecule has 0 spiro atoms. The summed E-state index contributed by atoms with van der Waals surface area (Å²) in [6, 6.07) is 0. The molecule has 2 saturated heterocycles. The van der Waals surface area contributed by atoms with Crippen molar-refractivity contribution in [3.63, 3.8) is 0 Å². The summed E-state index contributed by atoms with van der Waals surface area (Å²) in [7, 11) is -1.35. The van der Waals surface area contributed by atoms with Gasteiger partial charge < -0.3 is 14.6 Å². The summed E-state index contributed by atoms with van der Waals surface area (Å²) in [5.41, 5.74) is -2.96. The van der Waals surface area contributed by atoms with E-state index in [-0.39, 0.29) is 13.0 Å². The summed E-state index contributed by atoms with van der Waals surface area (Å²) >= 11 is 0. The quantitative estimate of drug-likeness (QED) is 0.754. The van der Waals surface area contributed by atoms with E-state index in [1.54, 1.807) is 27.7 Å². The first-order valence-electron chi connectivity index (χ1n) is 6.90. The van der Waals surface area contributed by atoms with Crippen molar-refractivity contribution < 1.29 is 22.5 Å². The molecule has 2 rings (SSSR count). The van der Waals surface area contributed by atoms with Gasteiger partial charge in [-0.1, -0.05) is 0 Å². The molecule has 114 valence electrons. The Kier molecular flexibility index (Phi) is 3.99. The Balaban J connectivity index is 2.30. The van der Waals surface area contributed by atoms with E-state index in [4.69, 9.17) is 9.31 Å². The van der Waals surface area contributed by atoms with Gasteiger partial charge in [-0.25, -0.2) is 13.2 Å². The highest BCUT2D eigenvalue weighted by Gasteiger charge is 2.55. The van der Waals surface area contributed by atoms with Gasteiger partial charge in [0, 0.05) is 18.5 Å². The van der Waals surface area contributed by atoms with Crippen molar-refractivity contribution in [1.82, 2.24) is 5.32 Å². The van der Waals surface area contributed by atoms with Crippen LogP contribution >= 0.6 is 0 Å². The lowest BCUT2D eigenvalue weighted by Gasteiger charge is -2.32. The maximum atomic E-state index is 14.5. The Morgan fingerprint density at radius 1 is 1.10 bits per heavy atom. The molecule has 2 aliphatic rings. The van der Waals surface area contributed by atoms with Gasteiger partial charge in [0.25, 0.3) is 5.92 Å². The monoisotopic (exact) mass is 291 g/mol. The van der Waals surface area contributed by atoms with E-state index >= 15 is 0 Å². The molecule has 2 heterocycles. The fourth-order valence-electron chi connectivity index (χ4n) is 2.30. The van der Waals surface area contributed by atoms with E-state index in [1.807, 2.05) is 0 Å². The fraction of sp³-hybridized carbons (Fsp3) is 0.846. The molecule has 3 nitrogen and oxygen atoms in total. The minimum Gasteiger partial charge on any atom is -0.398 e. The van der Waals surface area contributed by atoms with Gasteiger partial charge in [-0.3, -0.25) is 0 Å². The third kappa shape index (κ3) is 2.76. The molecule has 1 N–H and O–H groups in total. The van der Waals surface area contributed by atoms with Crippen LogP contribution in [0, 0.1) is 0 Å². The summed E-state index contributed by atoms with van der Waals surface area (Å²) in [5, 5.41) is 2.85. The topological polar surface area (TPSA) is 30.5 Å². The Bertz CT molecular complexity index is 408. The number of rotatable bonds is 1. The predicted molar refractivity (Wildman–Crippen MR) is 71.3 cm³/mol. The van der Waals surface area contributed by atoms with Gasteiger partial charge in [-0.15, -0.1) is 0 Å². The molecule has 0 radical (unpaired) electrons. The second-order valence-corrected chi connectivity index (χ2v) is 6.37. The second-order valence-electron chi connectivity index (χ2n) is 6.37. The van der Waals surface area contributed by atoms with Gasteiger partial charge in [0.05, 0.1) is 11.2 Å². The molecule has 0 aliphatic carbocycles. The molecular weight excluding hydrogens is 270 g/mol. The molecular formula is C13H21BF3NO2. The van der Waals surface area contributed by atoms with Crippen LogP contribution in [0.2, 0.25) is 0 Å². The second kappa shape index (κ2) is 5.03. The van der Waals surface area contributed by atoms with Crippen LogP contribution in [0.15, 0.2) is 11.3 Å². The van der Waals surface area contributed by atoms with Crippen molar-refractivity contribution in [2.45, 2.75) is 57.7 Å². The summed E-state index contributed by atoms with van der Waals surface area (Å²) in [4.78, 5) is 0. The third-order valence-electron chi connectivity index (χ3n) is 4.36. The largest absolute Gasteiger partial charge is 0.525 e. The first-order chi connectivity index (χ1) is 9.07. The maximum absolute atomic E-state index is 14.5. The van der Waals surface area contributed by atoms with Crippen LogP contribution in [0.5, 0.6) is 0 Å². The smallest absolute Gasteiger partial charge is 0.398 e. The summed E-state index contributed by atoms with van der Waals surface area (Å²) < 4.78 is 53.4. The first-order valence-corrected chi connectivity index (χ1v) is 6.90. The van der Waals surface area contributed by atoms with Crippen LogP contribution in [0.4, 0.5) is 13.2 Å². The van der Waals surface area contributed by atoms with Crippen molar-refractivity contribution in [2.75, 3.05) is 13.1 Å². The lowest BCUT2D eigenvalue weighted by atomic mass is 9.81. The van der Waals surface area contributed by atoms with E-state index in [1.165, 1.54) is 0 Å². The lowest BCUT2D eigenvalue weighted by Crippen LogP contribution is -2.41. The van der Waals surface area contributed by atoms with Crippen molar-refractivity contribution in [3.8, 4) is 0 Å². The van der Waals surface area contributed by atoms with Crippen LogP contribution in [-0.2, 0) is 9.31 Å². The van der Waals surface area contributed by atoms with Crippen LogP contribution in [0.3, 0.4) is 0 Å². The normalized spacial score (nSPS) is 31.1. The number of hydrogen-bond donors (Lipinski definition) is 1. The average molecular weight is 291 g/mol. The van der Waals surface area contributed by atoms with Crippen LogP contribution in [0.25, 0.3) is 0 Å².